The van der Waals surface area contributed by atoms with Gasteiger partial charge in [-0.05, 0) is 77.0 Å². The summed E-state index contributed by atoms with van der Waals surface area (Å²) in [6, 6.07) is 0. The van der Waals surface area contributed by atoms with Crippen LogP contribution in [0.4, 0.5) is 0 Å². The average molecular weight is 915 g/mol. The predicted octanol–water partition coefficient (Wildman–Crippen LogP) is 17.9. The summed E-state index contributed by atoms with van der Waals surface area (Å²) in [7, 11) is 0. The van der Waals surface area contributed by atoms with E-state index < -0.39 is 6.10 Å². The Morgan fingerprint density at radius 1 is 0.318 bits per heavy atom. The van der Waals surface area contributed by atoms with E-state index >= 15 is 0 Å². The van der Waals surface area contributed by atoms with Gasteiger partial charge in [-0.15, -0.1) is 0 Å². The van der Waals surface area contributed by atoms with E-state index in [1.54, 1.807) is 0 Å². The lowest BCUT2D eigenvalue weighted by atomic mass is 10.0. The van der Waals surface area contributed by atoms with E-state index in [0.717, 1.165) is 89.9 Å². The van der Waals surface area contributed by atoms with Gasteiger partial charge in [-0.3, -0.25) is 14.4 Å². The Morgan fingerprint density at radius 3 is 1.12 bits per heavy atom. The molecule has 0 rings (SSSR count). The van der Waals surface area contributed by atoms with Gasteiger partial charge in [0.15, 0.2) is 6.10 Å². The van der Waals surface area contributed by atoms with Crippen LogP contribution in [0.2, 0.25) is 0 Å². The Morgan fingerprint density at radius 2 is 0.652 bits per heavy atom. The fourth-order valence-corrected chi connectivity index (χ4v) is 7.05. The predicted molar refractivity (Wildman–Crippen MR) is 283 cm³/mol. The summed E-state index contributed by atoms with van der Waals surface area (Å²) in [4.78, 5) is 38.0. The molecule has 6 heteroatoms. The maximum Gasteiger partial charge on any atom is 0.306 e. The highest BCUT2D eigenvalue weighted by atomic mass is 16.6. The second kappa shape index (κ2) is 53.7. The maximum atomic E-state index is 12.8. The number of ether oxygens (including phenoxy) is 3. The Kier molecular flexibility index (Phi) is 50.5. The number of carbonyl (C=O) groups is 3. The fourth-order valence-electron chi connectivity index (χ4n) is 7.05. The Hall–Kier alpha value is -3.93. The van der Waals surface area contributed by atoms with E-state index in [-0.39, 0.29) is 37.5 Å². The molecule has 0 aromatic heterocycles. The van der Waals surface area contributed by atoms with Crippen molar-refractivity contribution in [1.29, 1.82) is 0 Å². The van der Waals surface area contributed by atoms with Crippen LogP contribution in [-0.2, 0) is 28.6 Å². The molecule has 0 saturated carbocycles. The van der Waals surface area contributed by atoms with Crippen molar-refractivity contribution < 1.29 is 28.6 Å². The lowest BCUT2D eigenvalue weighted by Gasteiger charge is -2.18. The summed E-state index contributed by atoms with van der Waals surface area (Å²) in [6.45, 7) is 6.45. The first-order chi connectivity index (χ1) is 32.5. The monoisotopic (exact) mass is 915 g/mol. The largest absolute Gasteiger partial charge is 0.462 e. The van der Waals surface area contributed by atoms with Crippen LogP contribution >= 0.6 is 0 Å². The van der Waals surface area contributed by atoms with Crippen molar-refractivity contribution >= 4 is 17.9 Å². The zero-order chi connectivity index (χ0) is 47.9. The summed E-state index contributed by atoms with van der Waals surface area (Å²) < 4.78 is 16.8. The van der Waals surface area contributed by atoms with Gasteiger partial charge in [0.1, 0.15) is 13.2 Å². The van der Waals surface area contributed by atoms with Crippen molar-refractivity contribution in [2.24, 2.45) is 0 Å². The first-order valence-corrected chi connectivity index (χ1v) is 27.0. The van der Waals surface area contributed by atoms with Crippen molar-refractivity contribution in [1.82, 2.24) is 0 Å². The van der Waals surface area contributed by atoms with Crippen molar-refractivity contribution in [3.05, 3.63) is 109 Å². The standard InChI is InChI=1S/C60H98O6/c1-4-7-10-13-16-19-22-25-27-29-31-32-35-38-41-44-47-50-53-59(62)65-56-57(55-64-58(61)52-49-46-43-40-37-34-24-21-18-15-12-9-6-3)66-60(63)54-51-48-45-42-39-36-33-30-28-26-23-20-17-14-11-8-5-2/h10,13,16-17,19-20,22,25-29,31-33,36,42,45,57H,4-9,11-12,14-15,18,21,23-24,30,34-35,37-41,43-44,46-56H2,1-3H3/b13-10-,19-16-,20-17-,25-22-,28-26-,29-27-,32-31-,36-33-,45-42-. The zero-order valence-electron chi connectivity index (χ0n) is 42.7. The number of unbranched alkanes of at least 4 members (excludes halogenated alkanes) is 22. The van der Waals surface area contributed by atoms with Gasteiger partial charge in [-0.25, -0.2) is 0 Å². The molecule has 66 heavy (non-hydrogen) atoms. The van der Waals surface area contributed by atoms with Crippen LogP contribution in [-0.4, -0.2) is 37.2 Å². The fraction of sp³-hybridized carbons (Fsp3) is 0.650. The molecule has 0 aliphatic carbocycles. The smallest absolute Gasteiger partial charge is 0.306 e. The van der Waals surface area contributed by atoms with Gasteiger partial charge in [0.2, 0.25) is 0 Å². The molecular weight excluding hydrogens is 817 g/mol. The Labute approximate surface area is 406 Å². The van der Waals surface area contributed by atoms with Gasteiger partial charge in [0.25, 0.3) is 0 Å². The Balaban J connectivity index is 4.54. The number of allylic oxidation sites excluding steroid dienone is 18. The summed E-state index contributed by atoms with van der Waals surface area (Å²) >= 11 is 0. The molecule has 0 aliphatic rings. The molecule has 1 atom stereocenters. The molecule has 6 nitrogen and oxygen atoms in total. The molecule has 374 valence electrons. The minimum Gasteiger partial charge on any atom is -0.462 e. The van der Waals surface area contributed by atoms with Gasteiger partial charge in [-0.2, -0.15) is 0 Å². The molecule has 0 amide bonds. The third kappa shape index (κ3) is 51.1. The van der Waals surface area contributed by atoms with Crippen LogP contribution in [0.1, 0.15) is 233 Å². The van der Waals surface area contributed by atoms with E-state index in [9.17, 15) is 14.4 Å². The van der Waals surface area contributed by atoms with E-state index in [4.69, 9.17) is 14.2 Å². The third-order valence-electron chi connectivity index (χ3n) is 11.1. The topological polar surface area (TPSA) is 78.9 Å². The SMILES string of the molecule is CCC\C=C/C=C\C=C/C=C\C=C/CCCCCCCC(=O)OCC(COC(=O)CCCCCCCCCCCCCCC)OC(=O)CCC/C=C\C/C=C\C/C=C\C/C=C\CCCCC. The van der Waals surface area contributed by atoms with Gasteiger partial charge in [0, 0.05) is 19.3 Å². The second-order valence-electron chi connectivity index (χ2n) is 17.6. The van der Waals surface area contributed by atoms with E-state index in [1.807, 2.05) is 24.3 Å². The first kappa shape index (κ1) is 62.1. The van der Waals surface area contributed by atoms with Crippen molar-refractivity contribution in [3.63, 3.8) is 0 Å². The number of hydrogen-bond acceptors (Lipinski definition) is 6. The number of esters is 3. The highest BCUT2D eigenvalue weighted by Gasteiger charge is 2.19. The highest BCUT2D eigenvalue weighted by molar-refractivity contribution is 5.71. The third-order valence-corrected chi connectivity index (χ3v) is 11.1. The van der Waals surface area contributed by atoms with Gasteiger partial charge < -0.3 is 14.2 Å². The molecule has 0 bridgehead atoms. The molecule has 0 radical (unpaired) electrons. The molecule has 0 fully saturated rings. The molecule has 0 aliphatic heterocycles. The summed E-state index contributed by atoms with van der Waals surface area (Å²) in [5.41, 5.74) is 0. The van der Waals surface area contributed by atoms with Crippen molar-refractivity contribution in [2.75, 3.05) is 13.2 Å². The van der Waals surface area contributed by atoms with Crippen LogP contribution in [0.15, 0.2) is 109 Å². The quantitative estimate of drug-likeness (QED) is 0.0199. The minimum atomic E-state index is -0.818. The van der Waals surface area contributed by atoms with E-state index in [2.05, 4.69) is 106 Å². The van der Waals surface area contributed by atoms with E-state index in [0.29, 0.717) is 19.3 Å². The van der Waals surface area contributed by atoms with Gasteiger partial charge in [-0.1, -0.05) is 246 Å². The van der Waals surface area contributed by atoms with Gasteiger partial charge >= 0.3 is 17.9 Å². The number of hydrogen-bond donors (Lipinski definition) is 0. The molecule has 0 spiro atoms. The van der Waals surface area contributed by atoms with Crippen LogP contribution in [0.3, 0.4) is 0 Å². The molecule has 0 aromatic rings. The van der Waals surface area contributed by atoms with Gasteiger partial charge in [0.05, 0.1) is 0 Å². The molecule has 0 aromatic carbocycles. The van der Waals surface area contributed by atoms with Crippen LogP contribution in [0, 0.1) is 0 Å². The average Bonchev–Trinajstić information content (AvgIpc) is 3.31. The maximum absolute atomic E-state index is 12.8. The molecular formula is C60H98O6. The number of rotatable bonds is 47. The van der Waals surface area contributed by atoms with E-state index in [1.165, 1.54) is 96.3 Å². The second-order valence-corrected chi connectivity index (χ2v) is 17.6. The van der Waals surface area contributed by atoms with Crippen molar-refractivity contribution in [2.45, 2.75) is 239 Å². The number of carbonyl (C=O) groups excluding carboxylic acids is 3. The van der Waals surface area contributed by atoms with Crippen LogP contribution in [0.25, 0.3) is 0 Å². The minimum absolute atomic E-state index is 0.108. The lowest BCUT2D eigenvalue weighted by Crippen LogP contribution is -2.30. The molecule has 0 heterocycles. The normalized spacial score (nSPS) is 13.0. The zero-order valence-corrected chi connectivity index (χ0v) is 42.7. The molecule has 0 saturated heterocycles. The van der Waals surface area contributed by atoms with Crippen molar-refractivity contribution in [3.8, 4) is 0 Å². The Bertz CT molecular complexity index is 1370. The van der Waals surface area contributed by atoms with Crippen LogP contribution < -0.4 is 0 Å². The summed E-state index contributed by atoms with van der Waals surface area (Å²) in [5.74, 6) is -0.993. The van der Waals surface area contributed by atoms with Crippen LogP contribution in [0.5, 0.6) is 0 Å². The summed E-state index contributed by atoms with van der Waals surface area (Å²) in [5, 5.41) is 0. The lowest BCUT2D eigenvalue weighted by molar-refractivity contribution is -0.167. The molecule has 1 unspecified atom stereocenters. The first-order valence-electron chi connectivity index (χ1n) is 27.0. The summed E-state index contributed by atoms with van der Waals surface area (Å²) in [6.07, 6.45) is 72.1. The molecule has 0 N–H and O–H groups in total. The highest BCUT2D eigenvalue weighted by Crippen LogP contribution is 2.14.